The third-order valence-electron chi connectivity index (χ3n) is 5.31. The van der Waals surface area contributed by atoms with Crippen molar-refractivity contribution in [3.05, 3.63) is 94.5 Å². The normalized spacial score (nSPS) is 15.9. The number of nitrogens with one attached hydrogen (secondary N) is 1. The number of para-hydroxylation sites is 1. The van der Waals surface area contributed by atoms with Crippen molar-refractivity contribution < 1.29 is 22.8 Å². The minimum atomic E-state index is -4.64. The molecule has 4 rings (SSSR count). The fraction of sp³-hybridized carbons (Fsp3) is 0.160. The number of aliphatic imine (C=N–C) groups is 1. The van der Waals surface area contributed by atoms with E-state index in [1.807, 2.05) is 30.3 Å². The standard InChI is InChI=1S/C25H19ClF3N3O2/c1-15-24(34)32(14-22(33)31-20-10-6-5-9-19(20)25(27,28)29)21-12-11-17(26)13-18(21)23(30-15)16-7-3-2-4-8-16/h2-13,15H,14H2,1H3,(H,31,33)/t15-/m0/s1. The monoisotopic (exact) mass is 485 g/mol. The number of nitrogens with zero attached hydrogens (tertiary/aromatic N) is 2. The van der Waals surface area contributed by atoms with Crippen LogP contribution in [0.1, 0.15) is 23.6 Å². The molecule has 34 heavy (non-hydrogen) atoms. The number of benzene rings is 3. The maximum absolute atomic E-state index is 13.3. The molecule has 0 unspecified atom stereocenters. The summed E-state index contributed by atoms with van der Waals surface area (Å²) < 4.78 is 40.0. The molecular weight excluding hydrogens is 467 g/mol. The van der Waals surface area contributed by atoms with Gasteiger partial charge in [-0.05, 0) is 37.3 Å². The summed E-state index contributed by atoms with van der Waals surface area (Å²) in [6.07, 6.45) is -4.64. The third kappa shape index (κ3) is 4.82. The molecule has 0 aromatic heterocycles. The van der Waals surface area contributed by atoms with Gasteiger partial charge >= 0.3 is 6.18 Å². The summed E-state index contributed by atoms with van der Waals surface area (Å²) in [5.41, 5.74) is 0.870. The van der Waals surface area contributed by atoms with Crippen molar-refractivity contribution in [3.63, 3.8) is 0 Å². The first-order valence-electron chi connectivity index (χ1n) is 10.4. The van der Waals surface area contributed by atoms with Gasteiger partial charge < -0.3 is 10.2 Å². The van der Waals surface area contributed by atoms with Crippen LogP contribution in [0.2, 0.25) is 5.02 Å². The van der Waals surface area contributed by atoms with Gasteiger partial charge in [0.25, 0.3) is 5.91 Å². The van der Waals surface area contributed by atoms with Crippen molar-refractivity contribution in [1.29, 1.82) is 0 Å². The summed E-state index contributed by atoms with van der Waals surface area (Å²) in [5.74, 6) is -1.24. The second-order valence-electron chi connectivity index (χ2n) is 7.70. The number of hydrogen-bond donors (Lipinski definition) is 1. The maximum Gasteiger partial charge on any atom is 0.418 e. The van der Waals surface area contributed by atoms with E-state index in [1.165, 1.54) is 17.0 Å². The zero-order valence-electron chi connectivity index (χ0n) is 17.9. The zero-order valence-corrected chi connectivity index (χ0v) is 18.7. The molecule has 174 valence electrons. The van der Waals surface area contributed by atoms with Gasteiger partial charge in [0.2, 0.25) is 5.91 Å². The molecule has 9 heteroatoms. The van der Waals surface area contributed by atoms with Crippen LogP contribution in [0.3, 0.4) is 0 Å². The first-order chi connectivity index (χ1) is 16.1. The molecule has 0 radical (unpaired) electrons. The van der Waals surface area contributed by atoms with Crippen molar-refractivity contribution in [2.45, 2.75) is 19.1 Å². The van der Waals surface area contributed by atoms with Crippen molar-refractivity contribution in [2.75, 3.05) is 16.8 Å². The highest BCUT2D eigenvalue weighted by Crippen LogP contribution is 2.35. The first-order valence-corrected chi connectivity index (χ1v) is 10.7. The van der Waals surface area contributed by atoms with E-state index in [9.17, 15) is 22.8 Å². The van der Waals surface area contributed by atoms with E-state index >= 15 is 0 Å². The minimum absolute atomic E-state index is 0.382. The molecule has 0 saturated carbocycles. The Morgan fingerprint density at radius 1 is 1.06 bits per heavy atom. The summed E-state index contributed by atoms with van der Waals surface area (Å²) in [6.45, 7) is 1.10. The Morgan fingerprint density at radius 3 is 2.44 bits per heavy atom. The Morgan fingerprint density at radius 2 is 1.74 bits per heavy atom. The molecule has 0 bridgehead atoms. The Labute approximate surface area is 198 Å². The molecule has 1 N–H and O–H groups in total. The summed E-state index contributed by atoms with van der Waals surface area (Å²) in [7, 11) is 0. The van der Waals surface area contributed by atoms with E-state index in [2.05, 4.69) is 10.3 Å². The molecule has 0 fully saturated rings. The summed E-state index contributed by atoms with van der Waals surface area (Å²) >= 11 is 6.23. The molecule has 0 aliphatic carbocycles. The lowest BCUT2D eigenvalue weighted by Gasteiger charge is -2.24. The number of benzodiazepines with no additional fused rings is 1. The van der Waals surface area contributed by atoms with Crippen molar-refractivity contribution in [1.82, 2.24) is 0 Å². The van der Waals surface area contributed by atoms with Crippen molar-refractivity contribution in [3.8, 4) is 0 Å². The molecule has 3 aromatic rings. The van der Waals surface area contributed by atoms with Crippen molar-refractivity contribution in [2.24, 2.45) is 4.99 Å². The molecule has 1 aliphatic heterocycles. The maximum atomic E-state index is 13.3. The SMILES string of the molecule is C[C@@H]1N=C(c2ccccc2)c2cc(Cl)ccc2N(CC(=O)Nc2ccccc2C(F)(F)F)C1=O. The van der Waals surface area contributed by atoms with E-state index < -0.39 is 36.1 Å². The molecule has 0 saturated heterocycles. The molecule has 1 heterocycles. The smallest absolute Gasteiger partial charge is 0.324 e. The molecular formula is C25H19ClF3N3O2. The van der Waals surface area contributed by atoms with E-state index in [1.54, 1.807) is 25.1 Å². The summed E-state index contributed by atoms with van der Waals surface area (Å²) in [5, 5.41) is 2.70. The lowest BCUT2D eigenvalue weighted by molar-refractivity contribution is -0.137. The van der Waals surface area contributed by atoms with Gasteiger partial charge in [-0.3, -0.25) is 14.6 Å². The van der Waals surface area contributed by atoms with Gasteiger partial charge in [-0.1, -0.05) is 54.1 Å². The first kappa shape index (κ1) is 23.5. The third-order valence-corrected chi connectivity index (χ3v) is 5.54. The quantitative estimate of drug-likeness (QED) is 0.525. The molecule has 1 aliphatic rings. The number of rotatable bonds is 4. The number of carbonyl (C=O) groups is 2. The lowest BCUT2D eigenvalue weighted by Crippen LogP contribution is -2.42. The minimum Gasteiger partial charge on any atom is -0.324 e. The van der Waals surface area contributed by atoms with Gasteiger partial charge in [0, 0.05) is 16.1 Å². The Bertz CT molecular complexity index is 1280. The van der Waals surface area contributed by atoms with Crippen LogP contribution in [-0.4, -0.2) is 30.1 Å². The summed E-state index contributed by atoms with van der Waals surface area (Å²) in [6, 6.07) is 17.9. The highest BCUT2D eigenvalue weighted by atomic mass is 35.5. The number of halogens is 4. The predicted octanol–water partition coefficient (Wildman–Crippen LogP) is 5.57. The van der Waals surface area contributed by atoms with E-state index in [0.29, 0.717) is 22.0 Å². The molecule has 2 amide bonds. The van der Waals surface area contributed by atoms with Crippen LogP contribution >= 0.6 is 11.6 Å². The van der Waals surface area contributed by atoms with E-state index in [4.69, 9.17) is 11.6 Å². The Hall–Kier alpha value is -3.65. The lowest BCUT2D eigenvalue weighted by atomic mass is 10.00. The Balaban J connectivity index is 1.70. The fourth-order valence-corrected chi connectivity index (χ4v) is 3.93. The number of hydrogen-bond acceptors (Lipinski definition) is 3. The van der Waals surface area contributed by atoms with Crippen LogP contribution in [0.5, 0.6) is 0 Å². The average molecular weight is 486 g/mol. The van der Waals surface area contributed by atoms with Gasteiger partial charge in [0.15, 0.2) is 0 Å². The predicted molar refractivity (Wildman–Crippen MR) is 125 cm³/mol. The number of anilines is 2. The van der Waals surface area contributed by atoms with Crippen LogP contribution in [0.4, 0.5) is 24.5 Å². The van der Waals surface area contributed by atoms with Gasteiger partial charge in [0.1, 0.15) is 12.6 Å². The van der Waals surface area contributed by atoms with Gasteiger partial charge in [-0.2, -0.15) is 13.2 Å². The molecule has 1 atom stereocenters. The number of alkyl halides is 3. The Kier molecular flexibility index (Phi) is 6.43. The molecule has 3 aromatic carbocycles. The van der Waals surface area contributed by atoms with E-state index in [-0.39, 0.29) is 5.69 Å². The van der Waals surface area contributed by atoms with E-state index in [0.717, 1.165) is 17.7 Å². The topological polar surface area (TPSA) is 61.8 Å². The van der Waals surface area contributed by atoms with Gasteiger partial charge in [-0.15, -0.1) is 0 Å². The highest BCUT2D eigenvalue weighted by Gasteiger charge is 2.35. The average Bonchev–Trinajstić information content (AvgIpc) is 2.89. The molecule has 0 spiro atoms. The second kappa shape index (κ2) is 9.30. The van der Waals surface area contributed by atoms with Crippen LogP contribution in [0, 0.1) is 0 Å². The molecule has 5 nitrogen and oxygen atoms in total. The van der Waals surface area contributed by atoms with Crippen LogP contribution in [0.15, 0.2) is 77.8 Å². The number of fused-ring (bicyclic) bond motifs is 1. The van der Waals surface area contributed by atoms with Crippen molar-refractivity contribution >= 4 is 40.5 Å². The highest BCUT2D eigenvalue weighted by molar-refractivity contribution is 6.32. The second-order valence-corrected chi connectivity index (χ2v) is 8.13. The largest absolute Gasteiger partial charge is 0.418 e. The van der Waals surface area contributed by atoms with Gasteiger partial charge in [0.05, 0.1) is 22.6 Å². The van der Waals surface area contributed by atoms with Crippen LogP contribution in [0.25, 0.3) is 0 Å². The summed E-state index contributed by atoms with van der Waals surface area (Å²) in [4.78, 5) is 31.8. The number of amides is 2. The van der Waals surface area contributed by atoms with Gasteiger partial charge in [-0.25, -0.2) is 0 Å². The van der Waals surface area contributed by atoms with Crippen LogP contribution < -0.4 is 10.2 Å². The fourth-order valence-electron chi connectivity index (χ4n) is 3.76. The zero-order chi connectivity index (χ0) is 24.5. The number of carbonyl (C=O) groups excluding carboxylic acids is 2. The van der Waals surface area contributed by atoms with Crippen LogP contribution in [-0.2, 0) is 15.8 Å².